The molecule has 1 aromatic heterocycles. The largest absolute Gasteiger partial charge is 0.356 e. The first kappa shape index (κ1) is 15.6. The van der Waals surface area contributed by atoms with Gasteiger partial charge in [0, 0.05) is 38.8 Å². The third kappa shape index (κ3) is 3.92. The number of guanidine groups is 1. The molecule has 0 bridgehead atoms. The second-order valence-electron chi connectivity index (χ2n) is 6.27. The third-order valence-electron chi connectivity index (χ3n) is 4.52. The molecule has 0 saturated heterocycles. The van der Waals surface area contributed by atoms with Crippen LogP contribution in [0.2, 0.25) is 0 Å². The number of hydrogen-bond donors (Lipinski definition) is 2. The first-order valence-electron chi connectivity index (χ1n) is 8.19. The Morgan fingerprint density at radius 2 is 2.04 bits per heavy atom. The zero-order valence-corrected chi connectivity index (χ0v) is 13.9. The quantitative estimate of drug-likeness (QED) is 0.632. The van der Waals surface area contributed by atoms with Gasteiger partial charge in [0.1, 0.15) is 0 Å². The van der Waals surface area contributed by atoms with E-state index in [2.05, 4.69) is 51.1 Å². The van der Waals surface area contributed by atoms with E-state index in [9.17, 15) is 0 Å². The molecular weight excluding hydrogens is 286 g/mol. The number of benzene rings is 1. The van der Waals surface area contributed by atoms with E-state index in [1.54, 1.807) is 0 Å². The van der Waals surface area contributed by atoms with E-state index in [1.165, 1.54) is 24.0 Å². The van der Waals surface area contributed by atoms with Crippen LogP contribution in [-0.4, -0.2) is 35.9 Å². The summed E-state index contributed by atoms with van der Waals surface area (Å²) >= 11 is 0. The van der Waals surface area contributed by atoms with Crippen molar-refractivity contribution < 1.29 is 0 Å². The highest BCUT2D eigenvalue weighted by atomic mass is 15.2. The van der Waals surface area contributed by atoms with Crippen LogP contribution in [0.1, 0.15) is 24.0 Å². The first-order valence-corrected chi connectivity index (χ1v) is 8.19. The fourth-order valence-electron chi connectivity index (χ4n) is 2.91. The number of rotatable bonds is 6. The number of hydrogen-bond acceptors (Lipinski definition) is 2. The Bertz CT molecular complexity index is 655. The van der Waals surface area contributed by atoms with Gasteiger partial charge in [-0.15, -0.1) is 0 Å². The molecule has 0 spiro atoms. The highest BCUT2D eigenvalue weighted by Gasteiger charge is 2.43. The number of nitrogens with one attached hydrogen (secondary N) is 2. The Kier molecular flexibility index (Phi) is 4.65. The summed E-state index contributed by atoms with van der Waals surface area (Å²) < 4.78 is 1.83. The van der Waals surface area contributed by atoms with Crippen LogP contribution >= 0.6 is 0 Å². The average Bonchev–Trinajstić information content (AvgIpc) is 3.27. The van der Waals surface area contributed by atoms with Gasteiger partial charge in [0.05, 0.1) is 6.20 Å². The lowest BCUT2D eigenvalue weighted by atomic mass is 9.96. The van der Waals surface area contributed by atoms with E-state index in [-0.39, 0.29) is 0 Å². The molecule has 1 fully saturated rings. The van der Waals surface area contributed by atoms with Crippen molar-refractivity contribution in [1.82, 2.24) is 20.4 Å². The zero-order chi connectivity index (χ0) is 16.1. The van der Waals surface area contributed by atoms with Crippen LogP contribution in [-0.2, 0) is 18.9 Å². The SMILES string of the molecule is CN=C(NCCc1cnn(C)c1)NCC1(c2ccccc2)CC1. The molecule has 122 valence electrons. The number of nitrogens with zero attached hydrogens (tertiary/aromatic N) is 3. The van der Waals surface area contributed by atoms with Gasteiger partial charge in [-0.1, -0.05) is 30.3 Å². The summed E-state index contributed by atoms with van der Waals surface area (Å²) in [6, 6.07) is 10.8. The predicted octanol–water partition coefficient (Wildman–Crippen LogP) is 1.86. The van der Waals surface area contributed by atoms with Gasteiger partial charge in [0.15, 0.2) is 5.96 Å². The van der Waals surface area contributed by atoms with E-state index in [0.717, 1.165) is 25.5 Å². The Hall–Kier alpha value is -2.30. The van der Waals surface area contributed by atoms with Crippen molar-refractivity contribution in [2.24, 2.45) is 12.0 Å². The van der Waals surface area contributed by atoms with Gasteiger partial charge in [0.2, 0.25) is 0 Å². The van der Waals surface area contributed by atoms with E-state index < -0.39 is 0 Å². The van der Waals surface area contributed by atoms with E-state index in [1.807, 2.05) is 31.2 Å². The third-order valence-corrected chi connectivity index (χ3v) is 4.52. The minimum Gasteiger partial charge on any atom is -0.356 e. The summed E-state index contributed by atoms with van der Waals surface area (Å²) in [6.07, 6.45) is 7.39. The van der Waals surface area contributed by atoms with Crippen LogP contribution in [0.15, 0.2) is 47.7 Å². The highest BCUT2D eigenvalue weighted by molar-refractivity contribution is 5.79. The molecule has 1 aromatic carbocycles. The molecule has 1 aliphatic rings. The van der Waals surface area contributed by atoms with Crippen molar-refractivity contribution >= 4 is 5.96 Å². The van der Waals surface area contributed by atoms with Crippen molar-refractivity contribution in [3.05, 3.63) is 53.9 Å². The second-order valence-corrected chi connectivity index (χ2v) is 6.27. The molecule has 23 heavy (non-hydrogen) atoms. The van der Waals surface area contributed by atoms with E-state index in [0.29, 0.717) is 5.41 Å². The maximum Gasteiger partial charge on any atom is 0.191 e. The van der Waals surface area contributed by atoms with Gasteiger partial charge in [-0.05, 0) is 30.4 Å². The van der Waals surface area contributed by atoms with Crippen LogP contribution in [0, 0.1) is 0 Å². The fourth-order valence-corrected chi connectivity index (χ4v) is 2.91. The summed E-state index contributed by atoms with van der Waals surface area (Å²) in [5.74, 6) is 0.871. The summed E-state index contributed by atoms with van der Waals surface area (Å²) in [6.45, 7) is 1.79. The number of aryl methyl sites for hydroxylation is 1. The molecule has 1 saturated carbocycles. The molecule has 0 radical (unpaired) electrons. The minimum absolute atomic E-state index is 0.294. The second kappa shape index (κ2) is 6.86. The fraction of sp³-hybridized carbons (Fsp3) is 0.444. The Morgan fingerprint density at radius 3 is 2.65 bits per heavy atom. The minimum atomic E-state index is 0.294. The molecule has 3 rings (SSSR count). The molecule has 1 aliphatic carbocycles. The lowest BCUT2D eigenvalue weighted by molar-refractivity contribution is 0.645. The van der Waals surface area contributed by atoms with E-state index >= 15 is 0 Å². The lowest BCUT2D eigenvalue weighted by Crippen LogP contribution is -2.41. The number of aliphatic imine (C=N–C) groups is 1. The Morgan fingerprint density at radius 1 is 1.26 bits per heavy atom. The van der Waals surface area contributed by atoms with Crippen molar-refractivity contribution in [3.8, 4) is 0 Å². The molecule has 1 heterocycles. The van der Waals surface area contributed by atoms with Gasteiger partial charge >= 0.3 is 0 Å². The molecular formula is C18H25N5. The Labute approximate surface area is 137 Å². The van der Waals surface area contributed by atoms with Crippen molar-refractivity contribution in [1.29, 1.82) is 0 Å². The summed E-state index contributed by atoms with van der Waals surface area (Å²) in [5.41, 5.74) is 2.96. The predicted molar refractivity (Wildman–Crippen MR) is 93.6 cm³/mol. The molecule has 0 aliphatic heterocycles. The van der Waals surface area contributed by atoms with Gasteiger partial charge < -0.3 is 10.6 Å². The molecule has 5 heteroatoms. The smallest absolute Gasteiger partial charge is 0.191 e. The van der Waals surface area contributed by atoms with Crippen LogP contribution in [0.3, 0.4) is 0 Å². The highest BCUT2D eigenvalue weighted by Crippen LogP contribution is 2.47. The lowest BCUT2D eigenvalue weighted by Gasteiger charge is -2.19. The number of aromatic nitrogens is 2. The molecule has 5 nitrogen and oxygen atoms in total. The van der Waals surface area contributed by atoms with Gasteiger partial charge in [-0.25, -0.2) is 0 Å². The standard InChI is InChI=1S/C18H25N5/c1-19-17(20-11-8-15-12-22-23(2)13-15)21-14-18(9-10-18)16-6-4-3-5-7-16/h3-7,12-13H,8-11,14H2,1-2H3,(H2,19,20,21). The van der Waals surface area contributed by atoms with Crippen LogP contribution in [0.25, 0.3) is 0 Å². The zero-order valence-electron chi connectivity index (χ0n) is 13.9. The topological polar surface area (TPSA) is 54.2 Å². The maximum atomic E-state index is 4.32. The summed E-state index contributed by atoms with van der Waals surface area (Å²) in [7, 11) is 3.76. The normalized spacial score (nSPS) is 16.2. The summed E-state index contributed by atoms with van der Waals surface area (Å²) in [5, 5.41) is 11.0. The molecule has 0 amide bonds. The average molecular weight is 311 g/mol. The monoisotopic (exact) mass is 311 g/mol. The Balaban J connectivity index is 1.47. The summed E-state index contributed by atoms with van der Waals surface area (Å²) in [4.78, 5) is 4.32. The van der Waals surface area contributed by atoms with Crippen molar-refractivity contribution in [2.75, 3.05) is 20.1 Å². The van der Waals surface area contributed by atoms with Gasteiger partial charge in [0.25, 0.3) is 0 Å². The van der Waals surface area contributed by atoms with Gasteiger partial charge in [-0.2, -0.15) is 5.10 Å². The molecule has 0 atom stereocenters. The van der Waals surface area contributed by atoms with Crippen LogP contribution < -0.4 is 10.6 Å². The van der Waals surface area contributed by atoms with E-state index in [4.69, 9.17) is 0 Å². The van der Waals surface area contributed by atoms with Crippen LogP contribution in [0.5, 0.6) is 0 Å². The molecule has 0 unspecified atom stereocenters. The molecule has 2 aromatic rings. The maximum absolute atomic E-state index is 4.32. The first-order chi connectivity index (χ1) is 11.2. The molecule has 2 N–H and O–H groups in total. The van der Waals surface area contributed by atoms with Crippen molar-refractivity contribution in [3.63, 3.8) is 0 Å². The van der Waals surface area contributed by atoms with Crippen LogP contribution in [0.4, 0.5) is 0 Å². The van der Waals surface area contributed by atoms with Crippen molar-refractivity contribution in [2.45, 2.75) is 24.7 Å². The van der Waals surface area contributed by atoms with Gasteiger partial charge in [-0.3, -0.25) is 9.67 Å².